The topological polar surface area (TPSA) is 12.0 Å². The van der Waals surface area contributed by atoms with Crippen molar-refractivity contribution in [3.8, 4) is 0 Å². The molecule has 0 aliphatic carbocycles. The van der Waals surface area contributed by atoms with E-state index in [0.717, 1.165) is 18.7 Å². The Hall–Kier alpha value is -0.730. The summed E-state index contributed by atoms with van der Waals surface area (Å²) in [6.45, 7) is 6.92. The summed E-state index contributed by atoms with van der Waals surface area (Å²) in [5, 5.41) is 3.14. The molecule has 15 heavy (non-hydrogen) atoms. The molecule has 0 aliphatic rings. The zero-order valence-electron chi connectivity index (χ0n) is 9.55. The molecule has 0 atom stereocenters. The highest BCUT2D eigenvalue weighted by molar-refractivity contribution is 7.99. The molecule has 0 radical (unpaired) electrons. The van der Waals surface area contributed by atoms with Crippen LogP contribution in [0.25, 0.3) is 0 Å². The van der Waals surface area contributed by atoms with Gasteiger partial charge in [-0.25, -0.2) is 0 Å². The second-order valence-electron chi connectivity index (χ2n) is 3.73. The molecule has 1 aromatic carbocycles. The number of allylic oxidation sites excluding steroid dienone is 1. The first-order valence-electron chi connectivity index (χ1n) is 5.23. The number of rotatable bonds is 6. The second kappa shape index (κ2) is 6.70. The maximum absolute atomic E-state index is 3.90. The minimum Gasteiger partial charge on any atom is -0.316 e. The van der Waals surface area contributed by atoms with E-state index in [2.05, 4.69) is 43.1 Å². The van der Waals surface area contributed by atoms with Crippen LogP contribution >= 0.6 is 11.8 Å². The molecule has 0 aromatic heterocycles. The maximum Gasteiger partial charge on any atom is 0.0202 e. The number of thioether (sulfide) groups is 1. The van der Waals surface area contributed by atoms with Crippen molar-refractivity contribution in [2.45, 2.75) is 24.8 Å². The Morgan fingerprint density at radius 3 is 2.53 bits per heavy atom. The Labute approximate surface area is 97.0 Å². The number of benzene rings is 1. The van der Waals surface area contributed by atoms with E-state index in [1.165, 1.54) is 16.0 Å². The summed E-state index contributed by atoms with van der Waals surface area (Å²) < 4.78 is 0. The van der Waals surface area contributed by atoms with Gasteiger partial charge in [0.1, 0.15) is 0 Å². The van der Waals surface area contributed by atoms with Crippen LogP contribution in [0.3, 0.4) is 0 Å². The smallest absolute Gasteiger partial charge is 0.0202 e. The van der Waals surface area contributed by atoms with Crippen LogP contribution in [0, 0.1) is 0 Å². The van der Waals surface area contributed by atoms with Crippen molar-refractivity contribution in [3.63, 3.8) is 0 Å². The molecule has 2 heteroatoms. The molecule has 1 aromatic rings. The van der Waals surface area contributed by atoms with E-state index in [1.54, 1.807) is 0 Å². The molecule has 82 valence electrons. The summed E-state index contributed by atoms with van der Waals surface area (Å²) in [6.07, 6.45) is 1.10. The van der Waals surface area contributed by atoms with Gasteiger partial charge >= 0.3 is 0 Å². The lowest BCUT2D eigenvalue weighted by atomic mass is 10.2. The average molecular weight is 221 g/mol. The fourth-order valence-corrected chi connectivity index (χ4v) is 2.27. The van der Waals surface area contributed by atoms with Gasteiger partial charge in [0.05, 0.1) is 0 Å². The summed E-state index contributed by atoms with van der Waals surface area (Å²) in [6, 6.07) is 8.74. The standard InChI is InChI=1S/C13H19NS/c1-11(2)8-9-15-13-6-4-12(5-7-13)10-14-3/h4-7,14H,1,8-10H2,2-3H3. The molecular formula is C13H19NS. The summed E-state index contributed by atoms with van der Waals surface area (Å²) in [5.41, 5.74) is 2.59. The highest BCUT2D eigenvalue weighted by Gasteiger charge is 1.95. The van der Waals surface area contributed by atoms with Gasteiger partial charge in [0.2, 0.25) is 0 Å². The Kier molecular flexibility index (Phi) is 5.51. The third-order valence-corrected chi connectivity index (χ3v) is 3.12. The first kappa shape index (κ1) is 12.3. The summed E-state index contributed by atoms with van der Waals surface area (Å²) in [7, 11) is 1.97. The molecule has 0 spiro atoms. The molecule has 1 N–H and O–H groups in total. The molecule has 0 amide bonds. The van der Waals surface area contributed by atoms with Crippen LogP contribution in [0.4, 0.5) is 0 Å². The van der Waals surface area contributed by atoms with E-state index in [0.29, 0.717) is 0 Å². The fourth-order valence-electron chi connectivity index (χ4n) is 1.25. The lowest BCUT2D eigenvalue weighted by Crippen LogP contribution is -2.04. The number of hydrogen-bond donors (Lipinski definition) is 1. The largest absolute Gasteiger partial charge is 0.316 e. The summed E-state index contributed by atoms with van der Waals surface area (Å²) in [4.78, 5) is 1.34. The Morgan fingerprint density at radius 1 is 1.33 bits per heavy atom. The lowest BCUT2D eigenvalue weighted by molar-refractivity contribution is 0.817. The van der Waals surface area contributed by atoms with Gasteiger partial charge in [-0.3, -0.25) is 0 Å². The molecule has 0 fully saturated rings. The maximum atomic E-state index is 3.90. The van der Waals surface area contributed by atoms with Crippen molar-refractivity contribution in [1.82, 2.24) is 5.32 Å². The van der Waals surface area contributed by atoms with Crippen LogP contribution in [0.1, 0.15) is 18.9 Å². The van der Waals surface area contributed by atoms with Crippen LogP contribution in [0.2, 0.25) is 0 Å². The first-order valence-corrected chi connectivity index (χ1v) is 6.21. The van der Waals surface area contributed by atoms with Crippen LogP contribution in [-0.4, -0.2) is 12.8 Å². The van der Waals surface area contributed by atoms with Crippen LogP contribution in [-0.2, 0) is 6.54 Å². The quantitative estimate of drug-likeness (QED) is 0.583. The van der Waals surface area contributed by atoms with E-state index in [1.807, 2.05) is 18.8 Å². The van der Waals surface area contributed by atoms with Crippen molar-refractivity contribution in [1.29, 1.82) is 0 Å². The van der Waals surface area contributed by atoms with Gasteiger partial charge in [0.25, 0.3) is 0 Å². The molecule has 0 saturated heterocycles. The van der Waals surface area contributed by atoms with Gasteiger partial charge in [0.15, 0.2) is 0 Å². The van der Waals surface area contributed by atoms with Gasteiger partial charge in [-0.15, -0.1) is 18.3 Å². The Balaban J connectivity index is 2.39. The van der Waals surface area contributed by atoms with Crippen molar-refractivity contribution in [2.75, 3.05) is 12.8 Å². The Morgan fingerprint density at radius 2 is 2.00 bits per heavy atom. The van der Waals surface area contributed by atoms with Crippen LogP contribution < -0.4 is 5.32 Å². The highest BCUT2D eigenvalue weighted by atomic mass is 32.2. The monoisotopic (exact) mass is 221 g/mol. The van der Waals surface area contributed by atoms with Crippen molar-refractivity contribution >= 4 is 11.8 Å². The lowest BCUT2D eigenvalue weighted by Gasteiger charge is -2.03. The first-order chi connectivity index (χ1) is 7.22. The van der Waals surface area contributed by atoms with Gasteiger partial charge in [-0.1, -0.05) is 17.7 Å². The molecule has 0 bridgehead atoms. The van der Waals surface area contributed by atoms with Gasteiger partial charge < -0.3 is 5.32 Å². The van der Waals surface area contributed by atoms with E-state index in [-0.39, 0.29) is 0 Å². The molecule has 0 heterocycles. The molecule has 1 rings (SSSR count). The Bertz CT molecular complexity index is 303. The average Bonchev–Trinajstić information content (AvgIpc) is 2.20. The second-order valence-corrected chi connectivity index (χ2v) is 4.90. The zero-order valence-corrected chi connectivity index (χ0v) is 10.4. The molecular weight excluding hydrogens is 202 g/mol. The van der Waals surface area contributed by atoms with Crippen LogP contribution in [0.15, 0.2) is 41.3 Å². The minimum atomic E-state index is 0.941. The van der Waals surface area contributed by atoms with E-state index < -0.39 is 0 Å². The SMILES string of the molecule is C=C(C)CCSc1ccc(CNC)cc1. The van der Waals surface area contributed by atoms with E-state index >= 15 is 0 Å². The molecule has 0 aliphatic heterocycles. The van der Waals surface area contributed by atoms with Gasteiger partial charge in [0, 0.05) is 17.2 Å². The van der Waals surface area contributed by atoms with Gasteiger partial charge in [-0.05, 0) is 38.1 Å². The van der Waals surface area contributed by atoms with Gasteiger partial charge in [-0.2, -0.15) is 0 Å². The molecule has 0 saturated carbocycles. The predicted molar refractivity (Wildman–Crippen MR) is 69.4 cm³/mol. The molecule has 0 unspecified atom stereocenters. The summed E-state index contributed by atoms with van der Waals surface area (Å²) >= 11 is 1.89. The normalized spacial score (nSPS) is 10.3. The van der Waals surface area contributed by atoms with Crippen molar-refractivity contribution < 1.29 is 0 Å². The van der Waals surface area contributed by atoms with E-state index in [9.17, 15) is 0 Å². The third-order valence-electron chi connectivity index (χ3n) is 2.10. The van der Waals surface area contributed by atoms with Crippen LogP contribution in [0.5, 0.6) is 0 Å². The fraction of sp³-hybridized carbons (Fsp3) is 0.385. The number of hydrogen-bond acceptors (Lipinski definition) is 2. The van der Waals surface area contributed by atoms with E-state index in [4.69, 9.17) is 0 Å². The predicted octanol–water partition coefficient (Wildman–Crippen LogP) is 3.46. The zero-order chi connectivity index (χ0) is 11.1. The number of nitrogens with one attached hydrogen (secondary N) is 1. The molecule has 1 nitrogen and oxygen atoms in total. The third kappa shape index (κ3) is 5.05. The summed E-state index contributed by atoms with van der Waals surface area (Å²) in [5.74, 6) is 1.13. The minimum absolute atomic E-state index is 0.941. The highest BCUT2D eigenvalue weighted by Crippen LogP contribution is 2.20. The van der Waals surface area contributed by atoms with Crippen molar-refractivity contribution in [3.05, 3.63) is 42.0 Å². The van der Waals surface area contributed by atoms with Crippen molar-refractivity contribution in [2.24, 2.45) is 0 Å².